The van der Waals surface area contributed by atoms with E-state index < -0.39 is 5.91 Å². The Morgan fingerprint density at radius 1 is 1.37 bits per heavy atom. The van der Waals surface area contributed by atoms with Crippen molar-refractivity contribution in [3.8, 4) is 0 Å². The van der Waals surface area contributed by atoms with E-state index in [-0.39, 0.29) is 0 Å². The molecule has 0 aromatic heterocycles. The molecule has 1 aromatic carbocycles. The van der Waals surface area contributed by atoms with E-state index in [9.17, 15) is 4.79 Å². The lowest BCUT2D eigenvalue weighted by Crippen LogP contribution is -2.36. The van der Waals surface area contributed by atoms with Gasteiger partial charge in [0, 0.05) is 24.0 Å². The molecule has 4 N–H and O–H groups in total. The molecule has 1 amide bonds. The average Bonchev–Trinajstić information content (AvgIpc) is 2.63. The number of hydrogen-bond donors (Lipinski definition) is 2. The summed E-state index contributed by atoms with van der Waals surface area (Å²) in [6.07, 6.45) is 5.95. The highest BCUT2D eigenvalue weighted by molar-refractivity contribution is 5.99. The Bertz CT molecular complexity index is 459. The second-order valence-corrected chi connectivity index (χ2v) is 5.25. The Morgan fingerprint density at radius 3 is 2.84 bits per heavy atom. The van der Waals surface area contributed by atoms with Crippen molar-refractivity contribution in [3.63, 3.8) is 0 Å². The summed E-state index contributed by atoms with van der Waals surface area (Å²) >= 11 is 0. The fraction of sp³-hybridized carbons (Fsp3) is 0.533. The third kappa shape index (κ3) is 3.00. The summed E-state index contributed by atoms with van der Waals surface area (Å²) in [5.74, 6) is -0.401. The zero-order valence-electron chi connectivity index (χ0n) is 11.6. The molecule has 1 aliphatic heterocycles. The van der Waals surface area contributed by atoms with E-state index in [1.165, 1.54) is 25.7 Å². The topological polar surface area (TPSA) is 72.3 Å². The lowest BCUT2D eigenvalue weighted by molar-refractivity contribution is 0.100. The van der Waals surface area contributed by atoms with Gasteiger partial charge in [-0.25, -0.2) is 0 Å². The summed E-state index contributed by atoms with van der Waals surface area (Å²) in [5.41, 5.74) is 13.3. The van der Waals surface area contributed by atoms with Crippen molar-refractivity contribution < 1.29 is 4.79 Å². The first kappa shape index (κ1) is 13.7. The van der Waals surface area contributed by atoms with Gasteiger partial charge in [0.15, 0.2) is 0 Å². The number of nitrogens with two attached hydrogens (primary N) is 2. The molecule has 1 aliphatic rings. The predicted molar refractivity (Wildman–Crippen MR) is 79.3 cm³/mol. The number of nitrogens with zero attached hydrogens (tertiary/aromatic N) is 1. The first-order chi connectivity index (χ1) is 9.13. The van der Waals surface area contributed by atoms with Crippen LogP contribution in [0.4, 0.5) is 11.4 Å². The second kappa shape index (κ2) is 5.95. The van der Waals surface area contributed by atoms with Crippen LogP contribution in [0, 0.1) is 0 Å². The summed E-state index contributed by atoms with van der Waals surface area (Å²) < 4.78 is 0. The molecule has 2 rings (SSSR count). The van der Waals surface area contributed by atoms with Gasteiger partial charge in [-0.15, -0.1) is 0 Å². The molecule has 4 nitrogen and oxygen atoms in total. The van der Waals surface area contributed by atoms with Crippen molar-refractivity contribution in [3.05, 3.63) is 23.8 Å². The van der Waals surface area contributed by atoms with Crippen LogP contribution in [-0.4, -0.2) is 18.5 Å². The van der Waals surface area contributed by atoms with Gasteiger partial charge in [0.1, 0.15) is 0 Å². The number of carbonyl (C=O) groups is 1. The van der Waals surface area contributed by atoms with Crippen LogP contribution in [0.25, 0.3) is 0 Å². The number of benzene rings is 1. The average molecular weight is 261 g/mol. The largest absolute Gasteiger partial charge is 0.399 e. The summed E-state index contributed by atoms with van der Waals surface area (Å²) in [7, 11) is 0. The molecular weight excluding hydrogens is 238 g/mol. The number of carbonyl (C=O) groups excluding carboxylic acids is 1. The van der Waals surface area contributed by atoms with Crippen molar-refractivity contribution >= 4 is 17.3 Å². The summed E-state index contributed by atoms with van der Waals surface area (Å²) in [5, 5.41) is 0. The summed E-state index contributed by atoms with van der Waals surface area (Å²) in [6.45, 7) is 3.19. The molecule has 0 bridgehead atoms. The van der Waals surface area contributed by atoms with Gasteiger partial charge in [-0.2, -0.15) is 0 Å². The van der Waals surface area contributed by atoms with Gasteiger partial charge in [0.2, 0.25) is 0 Å². The maximum Gasteiger partial charge on any atom is 0.250 e. The maximum absolute atomic E-state index is 11.6. The van der Waals surface area contributed by atoms with Gasteiger partial charge in [-0.3, -0.25) is 4.79 Å². The molecule has 1 saturated heterocycles. The molecule has 1 heterocycles. The number of amides is 1. The molecule has 0 radical (unpaired) electrons. The van der Waals surface area contributed by atoms with Crippen molar-refractivity contribution in [1.29, 1.82) is 0 Å². The van der Waals surface area contributed by atoms with Crippen LogP contribution in [0.5, 0.6) is 0 Å². The van der Waals surface area contributed by atoms with Crippen LogP contribution in [0.2, 0.25) is 0 Å². The van der Waals surface area contributed by atoms with E-state index in [1.54, 1.807) is 6.07 Å². The van der Waals surface area contributed by atoms with Crippen LogP contribution in [0.3, 0.4) is 0 Å². The van der Waals surface area contributed by atoms with Crippen molar-refractivity contribution in [2.75, 3.05) is 17.2 Å². The van der Waals surface area contributed by atoms with Crippen LogP contribution in [-0.2, 0) is 0 Å². The Labute approximate surface area is 114 Å². The fourth-order valence-electron chi connectivity index (χ4n) is 2.92. The molecule has 0 spiro atoms. The fourth-order valence-corrected chi connectivity index (χ4v) is 2.92. The molecule has 0 aliphatic carbocycles. The Hall–Kier alpha value is -1.71. The van der Waals surface area contributed by atoms with Gasteiger partial charge in [0.05, 0.1) is 5.56 Å². The lowest BCUT2D eigenvalue weighted by Gasteiger charge is -2.32. The second-order valence-electron chi connectivity index (χ2n) is 5.25. The first-order valence-electron chi connectivity index (χ1n) is 7.09. The smallest absolute Gasteiger partial charge is 0.250 e. The molecule has 0 saturated carbocycles. The Kier molecular flexibility index (Phi) is 4.30. The quantitative estimate of drug-likeness (QED) is 0.821. The van der Waals surface area contributed by atoms with Gasteiger partial charge in [-0.05, 0) is 37.5 Å². The maximum atomic E-state index is 11.6. The third-order valence-electron chi connectivity index (χ3n) is 3.94. The van der Waals surface area contributed by atoms with Gasteiger partial charge < -0.3 is 16.4 Å². The zero-order chi connectivity index (χ0) is 13.8. The van der Waals surface area contributed by atoms with E-state index in [4.69, 9.17) is 11.5 Å². The zero-order valence-corrected chi connectivity index (χ0v) is 11.6. The molecule has 1 fully saturated rings. The van der Waals surface area contributed by atoms with Crippen LogP contribution in [0.15, 0.2) is 18.2 Å². The van der Waals surface area contributed by atoms with Crippen molar-refractivity contribution in [1.82, 2.24) is 0 Å². The van der Waals surface area contributed by atoms with Crippen LogP contribution in [0.1, 0.15) is 49.4 Å². The highest BCUT2D eigenvalue weighted by atomic mass is 16.1. The van der Waals surface area contributed by atoms with Crippen molar-refractivity contribution in [2.45, 2.75) is 45.1 Å². The molecule has 1 unspecified atom stereocenters. The molecule has 1 aromatic rings. The molecular formula is C15H23N3O. The number of rotatable bonds is 3. The molecule has 19 heavy (non-hydrogen) atoms. The van der Waals surface area contributed by atoms with E-state index >= 15 is 0 Å². The first-order valence-corrected chi connectivity index (χ1v) is 7.09. The lowest BCUT2D eigenvalue weighted by atomic mass is 10.0. The van der Waals surface area contributed by atoms with Crippen molar-refractivity contribution in [2.24, 2.45) is 5.73 Å². The van der Waals surface area contributed by atoms with Crippen LogP contribution < -0.4 is 16.4 Å². The minimum Gasteiger partial charge on any atom is -0.399 e. The highest BCUT2D eigenvalue weighted by Gasteiger charge is 2.23. The minimum absolute atomic E-state index is 0.401. The molecule has 1 atom stereocenters. The monoisotopic (exact) mass is 261 g/mol. The van der Waals surface area contributed by atoms with Crippen LogP contribution >= 0.6 is 0 Å². The SMILES string of the molecule is CCC1CCCCCN1c1ccc(N)cc1C(N)=O. The molecule has 104 valence electrons. The third-order valence-corrected chi connectivity index (χ3v) is 3.94. The summed E-state index contributed by atoms with van der Waals surface area (Å²) in [4.78, 5) is 14.0. The Morgan fingerprint density at radius 2 is 2.16 bits per heavy atom. The van der Waals surface area contributed by atoms with Gasteiger partial charge in [0.25, 0.3) is 5.91 Å². The number of nitrogen functional groups attached to an aromatic ring is 1. The minimum atomic E-state index is -0.401. The van der Waals surface area contributed by atoms with E-state index in [0.717, 1.165) is 18.7 Å². The number of hydrogen-bond acceptors (Lipinski definition) is 3. The number of anilines is 2. The van der Waals surface area contributed by atoms with E-state index in [1.807, 2.05) is 12.1 Å². The molecule has 4 heteroatoms. The highest BCUT2D eigenvalue weighted by Crippen LogP contribution is 2.29. The summed E-state index contributed by atoms with van der Waals surface area (Å²) in [6, 6.07) is 5.96. The standard InChI is InChI=1S/C15H23N3O/c1-2-12-6-4-3-5-9-18(12)14-8-7-11(16)10-13(14)15(17)19/h7-8,10,12H,2-6,9,16H2,1H3,(H2,17,19). The van der Waals surface area contributed by atoms with E-state index in [0.29, 0.717) is 17.3 Å². The predicted octanol–water partition coefficient (Wildman–Crippen LogP) is 2.53. The van der Waals surface area contributed by atoms with Gasteiger partial charge in [-0.1, -0.05) is 19.8 Å². The number of primary amides is 1. The Balaban J connectivity index is 2.40. The normalized spacial score (nSPS) is 20.1. The van der Waals surface area contributed by atoms with E-state index in [2.05, 4.69) is 11.8 Å². The van der Waals surface area contributed by atoms with Gasteiger partial charge >= 0.3 is 0 Å².